The van der Waals surface area contributed by atoms with E-state index in [4.69, 9.17) is 5.11 Å². The largest absolute Gasteiger partial charge is 0.481 e. The molecule has 0 aliphatic carbocycles. The molecule has 0 unspecified atom stereocenters. The number of hydrogen-bond acceptors (Lipinski definition) is 4. The second-order valence-electron chi connectivity index (χ2n) is 5.57. The van der Waals surface area contributed by atoms with Crippen molar-refractivity contribution in [2.75, 3.05) is 11.9 Å². The summed E-state index contributed by atoms with van der Waals surface area (Å²) in [5.74, 6) is -1.21. The summed E-state index contributed by atoms with van der Waals surface area (Å²) in [6.07, 6.45) is 0.191. The number of benzene rings is 2. The van der Waals surface area contributed by atoms with Crippen LogP contribution < -0.4 is 10.7 Å². The molecule has 130 valence electrons. The topological polar surface area (TPSA) is 90.8 Å². The Labute approximate surface area is 146 Å². The van der Waals surface area contributed by atoms with Crippen LogP contribution >= 0.6 is 0 Å². The fourth-order valence-corrected chi connectivity index (χ4v) is 2.14. The predicted molar refractivity (Wildman–Crippen MR) is 97.7 cm³/mol. The van der Waals surface area contributed by atoms with Gasteiger partial charge in [-0.2, -0.15) is 5.10 Å². The van der Waals surface area contributed by atoms with E-state index in [-0.39, 0.29) is 25.3 Å². The van der Waals surface area contributed by atoms with Crippen molar-refractivity contribution in [2.24, 2.45) is 5.10 Å². The maximum atomic E-state index is 12.0. The lowest BCUT2D eigenvalue weighted by Gasteiger charge is -2.08. The van der Waals surface area contributed by atoms with E-state index in [0.717, 1.165) is 16.8 Å². The van der Waals surface area contributed by atoms with E-state index in [1.165, 1.54) is 0 Å². The molecule has 0 bridgehead atoms. The quantitative estimate of drug-likeness (QED) is 0.509. The molecule has 6 nitrogen and oxygen atoms in total. The summed E-state index contributed by atoms with van der Waals surface area (Å²) in [5, 5.41) is 16.0. The van der Waals surface area contributed by atoms with Crippen molar-refractivity contribution >= 4 is 23.3 Å². The zero-order valence-electron chi connectivity index (χ0n) is 14.0. The number of aryl methyl sites for hydroxylation is 1. The molecule has 0 fully saturated rings. The molecular formula is C19H21N3O3. The Hall–Kier alpha value is -3.15. The van der Waals surface area contributed by atoms with Gasteiger partial charge in [0.25, 0.3) is 5.91 Å². The van der Waals surface area contributed by atoms with Crippen molar-refractivity contribution < 1.29 is 14.7 Å². The predicted octanol–water partition coefficient (Wildman–Crippen LogP) is 2.79. The number of nitrogens with one attached hydrogen (secondary N) is 2. The van der Waals surface area contributed by atoms with Crippen molar-refractivity contribution in [3.63, 3.8) is 0 Å². The van der Waals surface area contributed by atoms with Gasteiger partial charge in [-0.3, -0.25) is 9.59 Å². The fourth-order valence-electron chi connectivity index (χ4n) is 2.14. The minimum atomic E-state index is -0.906. The standard InChI is InChI=1S/C19H21N3O3/c1-14-7-9-16(10-8-14)20-13-18(23)22-21-17(11-12-19(24)25)15-5-3-2-4-6-15/h2-10,20H,11-13H2,1H3,(H,22,23)(H,24,25). The average molecular weight is 339 g/mol. The lowest BCUT2D eigenvalue weighted by Crippen LogP contribution is -2.27. The number of nitrogens with zero attached hydrogens (tertiary/aromatic N) is 1. The molecule has 1 amide bonds. The van der Waals surface area contributed by atoms with Crippen LogP contribution in [0, 0.1) is 6.92 Å². The number of carbonyl (C=O) groups excluding carboxylic acids is 1. The first-order valence-electron chi connectivity index (χ1n) is 7.98. The van der Waals surface area contributed by atoms with Gasteiger partial charge >= 0.3 is 5.97 Å². The Kier molecular flexibility index (Phi) is 6.71. The number of rotatable bonds is 8. The van der Waals surface area contributed by atoms with Crippen LogP contribution in [0.5, 0.6) is 0 Å². The second-order valence-corrected chi connectivity index (χ2v) is 5.57. The molecule has 0 atom stereocenters. The average Bonchev–Trinajstić information content (AvgIpc) is 2.62. The van der Waals surface area contributed by atoms with Gasteiger partial charge in [-0.15, -0.1) is 0 Å². The van der Waals surface area contributed by atoms with Crippen LogP contribution in [0.3, 0.4) is 0 Å². The molecule has 0 heterocycles. The van der Waals surface area contributed by atoms with Crippen LogP contribution in [-0.2, 0) is 9.59 Å². The third-order valence-corrected chi connectivity index (χ3v) is 3.50. The molecule has 3 N–H and O–H groups in total. The van der Waals surface area contributed by atoms with E-state index >= 15 is 0 Å². The van der Waals surface area contributed by atoms with Gasteiger partial charge in [0.1, 0.15) is 0 Å². The van der Waals surface area contributed by atoms with Crippen molar-refractivity contribution in [3.05, 3.63) is 65.7 Å². The summed E-state index contributed by atoms with van der Waals surface area (Å²) in [4.78, 5) is 22.8. The van der Waals surface area contributed by atoms with E-state index in [9.17, 15) is 9.59 Å². The van der Waals surface area contributed by atoms with Crippen LogP contribution in [0.1, 0.15) is 24.0 Å². The first-order valence-corrected chi connectivity index (χ1v) is 7.98. The summed E-state index contributed by atoms with van der Waals surface area (Å²) >= 11 is 0. The van der Waals surface area contributed by atoms with Gasteiger partial charge < -0.3 is 10.4 Å². The number of aliphatic carboxylic acids is 1. The Balaban J connectivity index is 1.95. The lowest BCUT2D eigenvalue weighted by molar-refractivity contribution is -0.136. The van der Waals surface area contributed by atoms with Gasteiger partial charge in [-0.1, -0.05) is 48.0 Å². The normalized spacial score (nSPS) is 11.0. The molecule has 0 spiro atoms. The number of carboxylic acid groups (broad SMARTS) is 1. The number of anilines is 1. The maximum Gasteiger partial charge on any atom is 0.303 e. The molecule has 2 aromatic carbocycles. The third-order valence-electron chi connectivity index (χ3n) is 3.50. The molecule has 0 aliphatic rings. The van der Waals surface area contributed by atoms with Crippen molar-refractivity contribution in [1.29, 1.82) is 0 Å². The minimum absolute atomic E-state index is 0.0504. The van der Waals surface area contributed by atoms with E-state index in [0.29, 0.717) is 5.71 Å². The molecular weight excluding hydrogens is 318 g/mol. The van der Waals surface area contributed by atoms with Crippen LogP contribution in [0.4, 0.5) is 5.69 Å². The smallest absolute Gasteiger partial charge is 0.303 e. The van der Waals surface area contributed by atoms with Crippen LogP contribution in [0.15, 0.2) is 59.7 Å². The molecule has 0 aromatic heterocycles. The van der Waals surface area contributed by atoms with Gasteiger partial charge in [0.2, 0.25) is 0 Å². The zero-order valence-corrected chi connectivity index (χ0v) is 14.0. The maximum absolute atomic E-state index is 12.0. The summed E-state index contributed by atoms with van der Waals surface area (Å²) in [6.45, 7) is 2.07. The van der Waals surface area contributed by atoms with Gasteiger partial charge in [-0.05, 0) is 24.6 Å². The van der Waals surface area contributed by atoms with Gasteiger partial charge in [-0.25, -0.2) is 5.43 Å². The zero-order chi connectivity index (χ0) is 18.1. The van der Waals surface area contributed by atoms with Crippen molar-refractivity contribution in [3.8, 4) is 0 Å². The van der Waals surface area contributed by atoms with Crippen LogP contribution in [0.25, 0.3) is 0 Å². The molecule has 6 heteroatoms. The minimum Gasteiger partial charge on any atom is -0.481 e. The summed E-state index contributed by atoms with van der Waals surface area (Å²) < 4.78 is 0. The van der Waals surface area contributed by atoms with Crippen molar-refractivity contribution in [1.82, 2.24) is 5.43 Å². The summed E-state index contributed by atoms with van der Waals surface area (Å²) in [7, 11) is 0. The molecule has 0 aliphatic heterocycles. The molecule has 0 radical (unpaired) electrons. The van der Waals surface area contributed by atoms with E-state index in [1.54, 1.807) is 0 Å². The number of hydrogen-bond donors (Lipinski definition) is 3. The fraction of sp³-hybridized carbons (Fsp3) is 0.211. The van der Waals surface area contributed by atoms with Crippen LogP contribution in [-0.4, -0.2) is 29.2 Å². The van der Waals surface area contributed by atoms with E-state index in [1.807, 2.05) is 61.5 Å². The highest BCUT2D eigenvalue weighted by Gasteiger charge is 2.08. The molecule has 0 saturated carbocycles. The van der Waals surface area contributed by atoms with Crippen LogP contribution in [0.2, 0.25) is 0 Å². The summed E-state index contributed by atoms with van der Waals surface area (Å²) in [6, 6.07) is 16.9. The number of hydrazone groups is 1. The number of carbonyl (C=O) groups is 2. The third kappa shape index (κ3) is 6.47. The second kappa shape index (κ2) is 9.22. The highest BCUT2D eigenvalue weighted by molar-refractivity contribution is 6.02. The molecule has 25 heavy (non-hydrogen) atoms. The highest BCUT2D eigenvalue weighted by Crippen LogP contribution is 2.08. The van der Waals surface area contributed by atoms with Crippen molar-refractivity contribution in [2.45, 2.75) is 19.8 Å². The number of carboxylic acids is 1. The first kappa shape index (κ1) is 18.2. The van der Waals surface area contributed by atoms with Gasteiger partial charge in [0.05, 0.1) is 18.7 Å². The Morgan fingerprint density at radius 1 is 1.00 bits per heavy atom. The molecule has 2 rings (SSSR count). The lowest BCUT2D eigenvalue weighted by atomic mass is 10.1. The Morgan fingerprint density at radius 2 is 1.68 bits per heavy atom. The van der Waals surface area contributed by atoms with Gasteiger partial charge in [0.15, 0.2) is 0 Å². The molecule has 2 aromatic rings. The Bertz CT molecular complexity index is 740. The van der Waals surface area contributed by atoms with E-state index in [2.05, 4.69) is 15.8 Å². The monoisotopic (exact) mass is 339 g/mol. The Morgan fingerprint density at radius 3 is 2.32 bits per heavy atom. The van der Waals surface area contributed by atoms with E-state index < -0.39 is 5.97 Å². The summed E-state index contributed by atoms with van der Waals surface area (Å²) in [5.41, 5.74) is 5.79. The van der Waals surface area contributed by atoms with Gasteiger partial charge in [0, 0.05) is 12.1 Å². The molecule has 0 saturated heterocycles. The number of amides is 1. The first-order chi connectivity index (χ1) is 12.0. The highest BCUT2D eigenvalue weighted by atomic mass is 16.4. The SMILES string of the molecule is Cc1ccc(NCC(=O)NN=C(CCC(=O)O)c2ccccc2)cc1.